The molecule has 1 aromatic carbocycles. The quantitative estimate of drug-likeness (QED) is 0.879. The standard InChI is InChI=1S/C12H12BrClN2O3/c13-7-1-4-10(9(14)5-7)15-12(19)16(6-11(17)18)8-2-3-8/h1,4-5,8H,2-3,6H2,(H,15,19)(H,17,18). The molecule has 7 heteroatoms. The number of anilines is 1. The Balaban J connectivity index is 2.07. The number of nitrogens with zero attached hydrogens (tertiary/aromatic N) is 1. The molecule has 0 aromatic heterocycles. The van der Waals surface area contributed by atoms with Crippen LogP contribution in [0, 0.1) is 0 Å². The summed E-state index contributed by atoms with van der Waals surface area (Å²) in [5, 5.41) is 11.8. The van der Waals surface area contributed by atoms with Crippen LogP contribution in [0.4, 0.5) is 10.5 Å². The van der Waals surface area contributed by atoms with Gasteiger partial charge < -0.3 is 15.3 Å². The van der Waals surface area contributed by atoms with Crippen molar-refractivity contribution in [1.29, 1.82) is 0 Å². The third kappa shape index (κ3) is 3.84. The Labute approximate surface area is 123 Å². The van der Waals surface area contributed by atoms with Gasteiger partial charge in [0, 0.05) is 10.5 Å². The zero-order valence-corrected chi connectivity index (χ0v) is 12.2. The van der Waals surface area contributed by atoms with E-state index in [0.29, 0.717) is 10.7 Å². The third-order valence-electron chi connectivity index (χ3n) is 2.73. The van der Waals surface area contributed by atoms with Crippen molar-refractivity contribution < 1.29 is 14.7 Å². The number of urea groups is 1. The average molecular weight is 348 g/mol. The van der Waals surface area contributed by atoms with Crippen LogP contribution in [0.3, 0.4) is 0 Å². The van der Waals surface area contributed by atoms with Gasteiger partial charge in [0.25, 0.3) is 0 Å². The number of hydrogen-bond acceptors (Lipinski definition) is 2. The Hall–Kier alpha value is -1.27. The van der Waals surface area contributed by atoms with E-state index in [-0.39, 0.29) is 12.6 Å². The number of hydrogen-bond donors (Lipinski definition) is 2. The number of rotatable bonds is 4. The summed E-state index contributed by atoms with van der Waals surface area (Å²) < 4.78 is 0.806. The van der Waals surface area contributed by atoms with Crippen molar-refractivity contribution in [2.45, 2.75) is 18.9 Å². The van der Waals surface area contributed by atoms with Crippen LogP contribution in [-0.4, -0.2) is 34.6 Å². The van der Waals surface area contributed by atoms with Gasteiger partial charge in [-0.05, 0) is 31.0 Å². The van der Waals surface area contributed by atoms with E-state index in [2.05, 4.69) is 21.2 Å². The SMILES string of the molecule is O=C(O)CN(C(=O)Nc1ccc(Br)cc1Cl)C1CC1. The highest BCUT2D eigenvalue weighted by Gasteiger charge is 2.34. The molecule has 0 heterocycles. The van der Waals surface area contributed by atoms with Gasteiger partial charge in [0.2, 0.25) is 0 Å². The van der Waals surface area contributed by atoms with Crippen molar-refractivity contribution in [2.75, 3.05) is 11.9 Å². The maximum Gasteiger partial charge on any atom is 0.323 e. The van der Waals surface area contributed by atoms with Crippen LogP contribution in [-0.2, 0) is 4.79 Å². The molecule has 102 valence electrons. The van der Waals surface area contributed by atoms with E-state index in [9.17, 15) is 9.59 Å². The zero-order valence-electron chi connectivity index (χ0n) is 9.90. The molecule has 5 nitrogen and oxygen atoms in total. The minimum atomic E-state index is -1.02. The molecule has 2 amide bonds. The van der Waals surface area contributed by atoms with E-state index in [4.69, 9.17) is 16.7 Å². The van der Waals surface area contributed by atoms with Crippen LogP contribution in [0.5, 0.6) is 0 Å². The Kier molecular flexibility index (Phi) is 4.31. The number of carbonyl (C=O) groups is 2. The van der Waals surface area contributed by atoms with E-state index in [1.807, 2.05) is 0 Å². The number of nitrogens with one attached hydrogen (secondary N) is 1. The molecule has 1 aromatic rings. The van der Waals surface area contributed by atoms with Crippen molar-refractivity contribution in [2.24, 2.45) is 0 Å². The summed E-state index contributed by atoms with van der Waals surface area (Å²) in [5.74, 6) is -1.02. The number of benzene rings is 1. The highest BCUT2D eigenvalue weighted by atomic mass is 79.9. The second-order valence-corrected chi connectivity index (χ2v) is 5.63. The highest BCUT2D eigenvalue weighted by molar-refractivity contribution is 9.10. The lowest BCUT2D eigenvalue weighted by Gasteiger charge is -2.21. The van der Waals surface area contributed by atoms with Crippen LogP contribution >= 0.6 is 27.5 Å². The zero-order chi connectivity index (χ0) is 14.0. The molecule has 0 radical (unpaired) electrons. The first-order valence-electron chi connectivity index (χ1n) is 5.72. The molecular weight excluding hydrogens is 336 g/mol. The topological polar surface area (TPSA) is 69.6 Å². The van der Waals surface area contributed by atoms with E-state index in [1.165, 1.54) is 4.90 Å². The Morgan fingerprint density at radius 2 is 2.16 bits per heavy atom. The average Bonchev–Trinajstić information content (AvgIpc) is 3.13. The minimum Gasteiger partial charge on any atom is -0.480 e. The number of amides is 2. The van der Waals surface area contributed by atoms with E-state index >= 15 is 0 Å². The lowest BCUT2D eigenvalue weighted by molar-refractivity contribution is -0.137. The first-order chi connectivity index (χ1) is 8.97. The molecule has 2 N–H and O–H groups in total. The van der Waals surface area contributed by atoms with Gasteiger partial charge in [0.1, 0.15) is 6.54 Å². The molecule has 2 rings (SSSR count). The van der Waals surface area contributed by atoms with Gasteiger partial charge in [-0.3, -0.25) is 4.79 Å². The van der Waals surface area contributed by atoms with E-state index < -0.39 is 12.0 Å². The lowest BCUT2D eigenvalue weighted by atomic mass is 10.3. The Morgan fingerprint density at radius 1 is 1.47 bits per heavy atom. The molecule has 1 saturated carbocycles. The second kappa shape index (κ2) is 5.79. The van der Waals surface area contributed by atoms with Crippen LogP contribution in [0.1, 0.15) is 12.8 Å². The number of carbonyl (C=O) groups excluding carboxylic acids is 1. The predicted molar refractivity (Wildman–Crippen MR) is 75.5 cm³/mol. The van der Waals surface area contributed by atoms with Gasteiger partial charge >= 0.3 is 12.0 Å². The molecule has 0 spiro atoms. The van der Waals surface area contributed by atoms with Crippen molar-refractivity contribution in [3.63, 3.8) is 0 Å². The summed E-state index contributed by atoms with van der Waals surface area (Å²) in [4.78, 5) is 24.1. The fraction of sp³-hybridized carbons (Fsp3) is 0.333. The Morgan fingerprint density at radius 3 is 2.68 bits per heavy atom. The summed E-state index contributed by atoms with van der Waals surface area (Å²) in [6.45, 7) is -0.301. The lowest BCUT2D eigenvalue weighted by Crippen LogP contribution is -2.40. The number of carboxylic acid groups (broad SMARTS) is 1. The smallest absolute Gasteiger partial charge is 0.323 e. The number of halogens is 2. The summed E-state index contributed by atoms with van der Waals surface area (Å²) >= 11 is 9.27. The summed E-state index contributed by atoms with van der Waals surface area (Å²) in [6, 6.07) is 4.66. The monoisotopic (exact) mass is 346 g/mol. The predicted octanol–water partition coefficient (Wildman–Crippen LogP) is 3.18. The molecule has 1 aliphatic carbocycles. The first-order valence-corrected chi connectivity index (χ1v) is 6.89. The molecule has 1 aliphatic rings. The largest absolute Gasteiger partial charge is 0.480 e. The Bertz CT molecular complexity index is 520. The molecule has 1 fully saturated rings. The van der Waals surface area contributed by atoms with Crippen LogP contribution in [0.25, 0.3) is 0 Å². The summed E-state index contributed by atoms with van der Waals surface area (Å²) in [6.07, 6.45) is 1.68. The van der Waals surface area contributed by atoms with Crippen LogP contribution < -0.4 is 5.32 Å². The molecule has 0 unspecified atom stereocenters. The van der Waals surface area contributed by atoms with E-state index in [1.54, 1.807) is 18.2 Å². The van der Waals surface area contributed by atoms with Crippen LogP contribution in [0.15, 0.2) is 22.7 Å². The molecular formula is C12H12BrClN2O3. The number of carboxylic acids is 1. The molecule has 0 saturated heterocycles. The molecule has 0 bridgehead atoms. The van der Waals surface area contributed by atoms with Crippen molar-refractivity contribution in [3.8, 4) is 0 Å². The third-order valence-corrected chi connectivity index (χ3v) is 3.53. The molecule has 0 atom stereocenters. The summed E-state index contributed by atoms with van der Waals surface area (Å²) in [7, 11) is 0. The van der Waals surface area contributed by atoms with Gasteiger partial charge in [-0.1, -0.05) is 27.5 Å². The van der Waals surface area contributed by atoms with Crippen molar-refractivity contribution in [3.05, 3.63) is 27.7 Å². The minimum absolute atomic E-state index is 0.0188. The maximum absolute atomic E-state index is 12.0. The van der Waals surface area contributed by atoms with Gasteiger partial charge in [0.05, 0.1) is 10.7 Å². The van der Waals surface area contributed by atoms with Gasteiger partial charge in [0.15, 0.2) is 0 Å². The highest BCUT2D eigenvalue weighted by Crippen LogP contribution is 2.29. The van der Waals surface area contributed by atoms with Gasteiger partial charge in [-0.2, -0.15) is 0 Å². The van der Waals surface area contributed by atoms with Gasteiger partial charge in [-0.25, -0.2) is 4.79 Å². The second-order valence-electron chi connectivity index (χ2n) is 4.31. The normalized spacial score (nSPS) is 14.0. The fourth-order valence-electron chi connectivity index (χ4n) is 1.68. The van der Waals surface area contributed by atoms with Crippen molar-refractivity contribution >= 4 is 45.2 Å². The first kappa shape index (κ1) is 14.1. The number of aliphatic carboxylic acids is 1. The van der Waals surface area contributed by atoms with Crippen molar-refractivity contribution in [1.82, 2.24) is 4.90 Å². The van der Waals surface area contributed by atoms with Crippen LogP contribution in [0.2, 0.25) is 5.02 Å². The van der Waals surface area contributed by atoms with E-state index in [0.717, 1.165) is 17.3 Å². The maximum atomic E-state index is 12.0. The fourth-order valence-corrected chi connectivity index (χ4v) is 2.40. The van der Waals surface area contributed by atoms with Gasteiger partial charge in [-0.15, -0.1) is 0 Å². The molecule has 0 aliphatic heterocycles. The summed E-state index contributed by atoms with van der Waals surface area (Å²) in [5.41, 5.74) is 0.464. The molecule has 19 heavy (non-hydrogen) atoms.